The number of carbonyl (C=O) groups excluding carboxylic acids is 1. The van der Waals surface area contributed by atoms with Crippen LogP contribution < -0.4 is 16.0 Å². The predicted octanol–water partition coefficient (Wildman–Crippen LogP) is 5.08. The SMILES string of the molecule is COc1cc(C(=O)N2CC3CCC2[C@@H]3N)cc2nc(-c3cc4ccc(-c5cnc6[nH]c(=O)ccc6c5)cc4n3CC3CC3)n(C)c12. The molecule has 10 heteroatoms. The second kappa shape index (κ2) is 10.0. The van der Waals surface area contributed by atoms with Gasteiger partial charge in [0.15, 0.2) is 5.82 Å². The lowest BCUT2D eigenvalue weighted by Gasteiger charge is -2.27. The maximum absolute atomic E-state index is 13.7. The van der Waals surface area contributed by atoms with Gasteiger partial charge in [0.25, 0.3) is 5.91 Å². The summed E-state index contributed by atoms with van der Waals surface area (Å²) in [7, 11) is 3.66. The van der Waals surface area contributed by atoms with E-state index >= 15 is 0 Å². The number of piperidine rings is 1. The molecule has 5 heterocycles. The molecule has 3 fully saturated rings. The van der Waals surface area contributed by atoms with Crippen LogP contribution in [0.2, 0.25) is 0 Å². The zero-order valence-corrected chi connectivity index (χ0v) is 25.9. The first-order valence-corrected chi connectivity index (χ1v) is 16.1. The number of amides is 1. The molecule has 10 nitrogen and oxygen atoms in total. The van der Waals surface area contributed by atoms with Crippen molar-refractivity contribution in [1.82, 2.24) is 29.0 Å². The Bertz CT molecular complexity index is 2280. The van der Waals surface area contributed by atoms with Crippen molar-refractivity contribution in [3.05, 3.63) is 76.7 Å². The Morgan fingerprint density at radius 3 is 2.63 bits per heavy atom. The molecular formula is C36H35N7O3. The summed E-state index contributed by atoms with van der Waals surface area (Å²) in [5.74, 6) is 2.48. The van der Waals surface area contributed by atoms with Gasteiger partial charge in [0.1, 0.15) is 16.9 Å². The molecule has 3 N–H and O–H groups in total. The molecule has 2 aliphatic carbocycles. The third-order valence-corrected chi connectivity index (χ3v) is 10.5. The van der Waals surface area contributed by atoms with Crippen LogP contribution in [0.4, 0.5) is 0 Å². The highest BCUT2D eigenvalue weighted by atomic mass is 16.5. The van der Waals surface area contributed by atoms with E-state index in [4.69, 9.17) is 15.5 Å². The fraction of sp³-hybridized carbons (Fsp3) is 0.333. The van der Waals surface area contributed by atoms with E-state index in [1.807, 2.05) is 30.3 Å². The number of aromatic amines is 1. The van der Waals surface area contributed by atoms with Crippen molar-refractivity contribution in [2.75, 3.05) is 13.7 Å². The van der Waals surface area contributed by atoms with E-state index in [2.05, 4.69) is 49.4 Å². The van der Waals surface area contributed by atoms with Crippen molar-refractivity contribution < 1.29 is 9.53 Å². The molecular weight excluding hydrogens is 578 g/mol. The molecule has 3 atom stereocenters. The minimum Gasteiger partial charge on any atom is -0.494 e. The summed E-state index contributed by atoms with van der Waals surface area (Å²) in [5, 5.41) is 2.02. The Hall–Kier alpha value is -4.96. The highest BCUT2D eigenvalue weighted by Crippen LogP contribution is 2.41. The predicted molar refractivity (Wildman–Crippen MR) is 178 cm³/mol. The van der Waals surface area contributed by atoms with E-state index in [1.165, 1.54) is 18.9 Å². The van der Waals surface area contributed by atoms with Crippen molar-refractivity contribution in [3.63, 3.8) is 0 Å². The van der Waals surface area contributed by atoms with Gasteiger partial charge in [-0.3, -0.25) is 9.59 Å². The summed E-state index contributed by atoms with van der Waals surface area (Å²) < 4.78 is 10.4. The van der Waals surface area contributed by atoms with Crippen LogP contribution in [0.5, 0.6) is 5.75 Å². The van der Waals surface area contributed by atoms with Gasteiger partial charge in [-0.25, -0.2) is 9.97 Å². The zero-order chi connectivity index (χ0) is 31.3. The molecule has 9 rings (SSSR count). The van der Waals surface area contributed by atoms with Gasteiger partial charge in [0.05, 0.1) is 18.3 Å². The number of H-pyrrole nitrogens is 1. The molecule has 3 aliphatic rings. The zero-order valence-electron chi connectivity index (χ0n) is 25.9. The number of aryl methyl sites for hydroxylation is 1. The minimum absolute atomic E-state index is 0.0000293. The minimum atomic E-state index is -0.162. The fourth-order valence-corrected chi connectivity index (χ4v) is 7.84. The van der Waals surface area contributed by atoms with Gasteiger partial charge >= 0.3 is 0 Å². The van der Waals surface area contributed by atoms with Crippen molar-refractivity contribution in [2.24, 2.45) is 24.6 Å². The number of nitrogens with two attached hydrogens (primary N) is 1. The Morgan fingerprint density at radius 1 is 1.02 bits per heavy atom. The third-order valence-electron chi connectivity index (χ3n) is 10.5. The number of pyridine rings is 2. The number of hydrogen-bond donors (Lipinski definition) is 2. The number of aromatic nitrogens is 5. The monoisotopic (exact) mass is 613 g/mol. The van der Waals surface area contributed by atoms with E-state index in [0.29, 0.717) is 28.8 Å². The number of fused-ring (bicyclic) bond motifs is 5. The number of nitrogens with zero attached hydrogens (tertiary/aromatic N) is 5. The summed E-state index contributed by atoms with van der Waals surface area (Å²) >= 11 is 0. The topological polar surface area (TPSA) is 124 Å². The number of ether oxygens (including phenoxy) is 1. The van der Waals surface area contributed by atoms with Crippen LogP contribution in [-0.4, -0.2) is 60.6 Å². The van der Waals surface area contributed by atoms with Crippen molar-refractivity contribution in [1.29, 1.82) is 0 Å². The van der Waals surface area contributed by atoms with E-state index < -0.39 is 0 Å². The molecule has 1 saturated heterocycles. The Balaban J connectivity index is 1.15. The number of likely N-dealkylation sites (tertiary alicyclic amines) is 1. The maximum Gasteiger partial charge on any atom is 0.254 e. The number of carbonyl (C=O) groups is 1. The molecule has 6 aromatic rings. The largest absolute Gasteiger partial charge is 0.494 e. The molecule has 0 radical (unpaired) electrons. The number of methoxy groups -OCH3 is 1. The van der Waals surface area contributed by atoms with E-state index in [9.17, 15) is 9.59 Å². The first kappa shape index (κ1) is 27.4. The van der Waals surface area contributed by atoms with Crippen LogP contribution >= 0.6 is 0 Å². The summed E-state index contributed by atoms with van der Waals surface area (Å²) in [6.07, 6.45) is 6.31. The Labute approximate surface area is 264 Å². The lowest BCUT2D eigenvalue weighted by atomic mass is 10.0. The smallest absolute Gasteiger partial charge is 0.254 e. The van der Waals surface area contributed by atoms with Gasteiger partial charge in [-0.05, 0) is 79.5 Å². The van der Waals surface area contributed by atoms with E-state index in [1.54, 1.807) is 13.2 Å². The summed E-state index contributed by atoms with van der Waals surface area (Å²) in [5.41, 5.74) is 13.2. The van der Waals surface area contributed by atoms with Gasteiger partial charge in [-0.1, -0.05) is 12.1 Å². The number of imidazole rings is 1. The molecule has 4 aromatic heterocycles. The van der Waals surface area contributed by atoms with Crippen LogP contribution in [-0.2, 0) is 13.6 Å². The van der Waals surface area contributed by atoms with Crippen LogP contribution in [0.25, 0.3) is 55.6 Å². The second-order valence-electron chi connectivity index (χ2n) is 13.3. The summed E-state index contributed by atoms with van der Waals surface area (Å²) in [4.78, 5) is 39.9. The van der Waals surface area contributed by atoms with Gasteiger partial charge in [0, 0.05) is 71.9 Å². The molecule has 0 spiro atoms. The molecule has 1 amide bonds. The Morgan fingerprint density at radius 2 is 1.87 bits per heavy atom. The molecule has 2 unspecified atom stereocenters. The van der Waals surface area contributed by atoms with E-state index in [-0.39, 0.29) is 23.6 Å². The van der Waals surface area contributed by atoms with Crippen LogP contribution in [0.15, 0.2) is 65.6 Å². The van der Waals surface area contributed by atoms with Crippen molar-refractivity contribution in [2.45, 2.75) is 44.3 Å². The Kier molecular flexibility index (Phi) is 5.96. The summed E-state index contributed by atoms with van der Waals surface area (Å²) in [6.45, 7) is 1.62. The van der Waals surface area contributed by atoms with Gasteiger partial charge in [-0.2, -0.15) is 0 Å². The quantitative estimate of drug-likeness (QED) is 0.270. The number of nitrogens with one attached hydrogen (secondary N) is 1. The highest BCUT2D eigenvalue weighted by Gasteiger charge is 2.47. The van der Waals surface area contributed by atoms with Crippen LogP contribution in [0.3, 0.4) is 0 Å². The van der Waals surface area contributed by atoms with Gasteiger partial charge in [0.2, 0.25) is 5.56 Å². The normalized spacial score (nSPS) is 20.8. The van der Waals surface area contributed by atoms with Crippen LogP contribution in [0, 0.1) is 11.8 Å². The lowest BCUT2D eigenvalue weighted by molar-refractivity contribution is 0.0700. The standard InChI is InChI=1S/C36H35N7O3/c1-41-33-26(12-24(15-30(33)46-2)36(45)43-18-23-7-9-27(43)32(23)37)39-35(41)29-14-21-6-5-20(13-28(21)42(29)17-19-3-4-19)25-11-22-8-10-31(44)40-34(22)38-16-25/h5-6,8,10-16,19,23,27,32H,3-4,7,9,17-18,37H2,1-2H3,(H,38,40,44)/t23?,27?,32-/m1/s1. The lowest BCUT2D eigenvalue weighted by Crippen LogP contribution is -2.41. The molecule has 2 aromatic carbocycles. The maximum atomic E-state index is 13.7. The molecule has 46 heavy (non-hydrogen) atoms. The van der Waals surface area contributed by atoms with Gasteiger partial charge in [-0.15, -0.1) is 0 Å². The third kappa shape index (κ3) is 4.20. The number of hydrogen-bond acceptors (Lipinski definition) is 6. The number of rotatable bonds is 6. The second-order valence-corrected chi connectivity index (χ2v) is 13.3. The highest BCUT2D eigenvalue weighted by molar-refractivity contribution is 6.01. The molecule has 232 valence electrons. The number of benzene rings is 2. The fourth-order valence-electron chi connectivity index (χ4n) is 7.84. The average Bonchev–Trinajstić information content (AvgIpc) is 3.47. The van der Waals surface area contributed by atoms with E-state index in [0.717, 1.165) is 75.9 Å². The van der Waals surface area contributed by atoms with Crippen LogP contribution in [0.1, 0.15) is 36.0 Å². The first-order chi connectivity index (χ1) is 22.4. The molecule has 2 bridgehead atoms. The molecule has 1 aliphatic heterocycles. The first-order valence-electron chi connectivity index (χ1n) is 16.1. The van der Waals surface area contributed by atoms with Crippen molar-refractivity contribution in [3.8, 4) is 28.4 Å². The average molecular weight is 614 g/mol. The molecule has 2 saturated carbocycles. The van der Waals surface area contributed by atoms with Crippen molar-refractivity contribution >= 4 is 38.9 Å². The van der Waals surface area contributed by atoms with Gasteiger partial charge < -0.3 is 29.5 Å². The summed E-state index contributed by atoms with van der Waals surface area (Å²) in [6, 6.07) is 18.0.